The Hall–Kier alpha value is -2.48. The number of methoxy groups -OCH3 is 1. The Morgan fingerprint density at radius 1 is 1.42 bits per heavy atom. The summed E-state index contributed by atoms with van der Waals surface area (Å²) >= 11 is 0. The van der Waals surface area contributed by atoms with E-state index in [1.165, 1.54) is 0 Å². The normalized spacial score (nSPS) is 19.7. The second-order valence-corrected chi connectivity index (χ2v) is 6.67. The molecule has 8 heteroatoms. The van der Waals surface area contributed by atoms with E-state index in [2.05, 4.69) is 25.3 Å². The van der Waals surface area contributed by atoms with Crippen LogP contribution in [-0.4, -0.2) is 58.0 Å². The molecule has 1 aliphatic heterocycles. The van der Waals surface area contributed by atoms with Gasteiger partial charge in [-0.2, -0.15) is 5.10 Å². The number of carbonyl (C=O) groups is 1. The average Bonchev–Trinajstić information content (AvgIpc) is 3.24. The number of anilines is 1. The fourth-order valence-corrected chi connectivity index (χ4v) is 3.32. The highest BCUT2D eigenvalue weighted by Crippen LogP contribution is 2.25. The van der Waals surface area contributed by atoms with Gasteiger partial charge in [-0.05, 0) is 25.8 Å². The molecule has 3 rings (SSSR count). The highest BCUT2D eigenvalue weighted by molar-refractivity contribution is 5.76. The van der Waals surface area contributed by atoms with Gasteiger partial charge in [0, 0.05) is 57.3 Å². The standard InChI is InChI=1S/C18H26N6O2/c1-13-8-17(21-12-20-13)24-11-16(26-3)9-15(24)10-19-18(25)5-4-14-6-7-22-23(14)2/h6-8,12,15-16H,4-5,9-11H2,1-3H3,(H,19,25)/t15-,16-/m0/s1. The molecule has 0 unspecified atom stereocenters. The molecule has 1 aliphatic rings. The zero-order valence-electron chi connectivity index (χ0n) is 15.6. The van der Waals surface area contributed by atoms with Crippen LogP contribution in [-0.2, 0) is 23.0 Å². The van der Waals surface area contributed by atoms with Crippen molar-refractivity contribution in [3.63, 3.8) is 0 Å². The van der Waals surface area contributed by atoms with Crippen molar-refractivity contribution in [3.05, 3.63) is 36.0 Å². The number of aryl methyl sites for hydroxylation is 3. The number of rotatable bonds is 7. The Morgan fingerprint density at radius 3 is 2.96 bits per heavy atom. The van der Waals surface area contributed by atoms with Gasteiger partial charge in [0.2, 0.25) is 5.91 Å². The largest absolute Gasteiger partial charge is 0.380 e. The molecule has 0 saturated carbocycles. The van der Waals surface area contributed by atoms with Crippen molar-refractivity contribution in [2.45, 2.75) is 38.3 Å². The molecule has 0 radical (unpaired) electrons. The van der Waals surface area contributed by atoms with E-state index >= 15 is 0 Å². The molecule has 0 aliphatic carbocycles. The third-order valence-electron chi connectivity index (χ3n) is 4.86. The fraction of sp³-hybridized carbons (Fsp3) is 0.556. The molecular formula is C18H26N6O2. The van der Waals surface area contributed by atoms with Gasteiger partial charge in [0.1, 0.15) is 12.1 Å². The summed E-state index contributed by atoms with van der Waals surface area (Å²) in [5.74, 6) is 0.928. The molecule has 1 N–H and O–H groups in total. The van der Waals surface area contributed by atoms with Crippen LogP contribution in [0, 0.1) is 6.92 Å². The van der Waals surface area contributed by atoms with Gasteiger partial charge in [0.05, 0.1) is 12.1 Å². The zero-order chi connectivity index (χ0) is 18.5. The first-order valence-corrected chi connectivity index (χ1v) is 8.88. The summed E-state index contributed by atoms with van der Waals surface area (Å²) in [5, 5.41) is 7.18. The predicted molar refractivity (Wildman–Crippen MR) is 97.9 cm³/mol. The number of aromatic nitrogens is 4. The number of carbonyl (C=O) groups excluding carboxylic acids is 1. The number of nitrogens with zero attached hydrogens (tertiary/aromatic N) is 5. The first kappa shape index (κ1) is 18.3. The van der Waals surface area contributed by atoms with E-state index in [4.69, 9.17) is 4.74 Å². The summed E-state index contributed by atoms with van der Waals surface area (Å²) in [6.45, 7) is 3.29. The SMILES string of the molecule is CO[C@H]1C[C@@H](CNC(=O)CCc2ccnn2C)N(c2cc(C)ncn2)C1. The van der Waals surface area contributed by atoms with Crippen LogP contribution >= 0.6 is 0 Å². The maximum Gasteiger partial charge on any atom is 0.220 e. The Morgan fingerprint density at radius 2 is 2.27 bits per heavy atom. The number of amides is 1. The summed E-state index contributed by atoms with van der Waals surface area (Å²) in [4.78, 5) is 23.0. The van der Waals surface area contributed by atoms with Crippen LogP contribution in [0.15, 0.2) is 24.7 Å². The lowest BCUT2D eigenvalue weighted by molar-refractivity contribution is -0.121. The van der Waals surface area contributed by atoms with Gasteiger partial charge in [-0.1, -0.05) is 0 Å². The van der Waals surface area contributed by atoms with Crippen molar-refractivity contribution in [2.75, 3.05) is 25.1 Å². The molecular weight excluding hydrogens is 332 g/mol. The van der Waals surface area contributed by atoms with Gasteiger partial charge in [0.25, 0.3) is 0 Å². The third-order valence-corrected chi connectivity index (χ3v) is 4.86. The van der Waals surface area contributed by atoms with Crippen LogP contribution in [0.3, 0.4) is 0 Å². The molecule has 0 spiro atoms. The topological polar surface area (TPSA) is 85.2 Å². The van der Waals surface area contributed by atoms with Gasteiger partial charge in [-0.3, -0.25) is 9.48 Å². The van der Waals surface area contributed by atoms with Crippen LogP contribution in [0.25, 0.3) is 0 Å². The molecule has 26 heavy (non-hydrogen) atoms. The lowest BCUT2D eigenvalue weighted by Crippen LogP contribution is -2.40. The molecule has 8 nitrogen and oxygen atoms in total. The summed E-state index contributed by atoms with van der Waals surface area (Å²) in [6.07, 6.45) is 5.46. The second kappa shape index (κ2) is 8.27. The van der Waals surface area contributed by atoms with Gasteiger partial charge in [0.15, 0.2) is 0 Å². The Kier molecular flexibility index (Phi) is 5.82. The minimum atomic E-state index is 0.0471. The molecule has 0 aromatic carbocycles. The maximum absolute atomic E-state index is 12.2. The minimum absolute atomic E-state index is 0.0471. The molecule has 1 fully saturated rings. The van der Waals surface area contributed by atoms with Crippen molar-refractivity contribution in [1.82, 2.24) is 25.1 Å². The fourth-order valence-electron chi connectivity index (χ4n) is 3.32. The van der Waals surface area contributed by atoms with Crippen molar-refractivity contribution >= 4 is 11.7 Å². The molecule has 0 bridgehead atoms. The minimum Gasteiger partial charge on any atom is -0.380 e. The van der Waals surface area contributed by atoms with E-state index in [0.29, 0.717) is 19.4 Å². The molecule has 2 aromatic heterocycles. The highest BCUT2D eigenvalue weighted by atomic mass is 16.5. The molecule has 3 heterocycles. The molecule has 1 saturated heterocycles. The zero-order valence-corrected chi connectivity index (χ0v) is 15.6. The summed E-state index contributed by atoms with van der Waals surface area (Å²) < 4.78 is 7.33. The smallest absolute Gasteiger partial charge is 0.220 e. The average molecular weight is 358 g/mol. The van der Waals surface area contributed by atoms with E-state index in [0.717, 1.165) is 30.2 Å². The number of hydrogen-bond acceptors (Lipinski definition) is 6. The third kappa shape index (κ3) is 4.37. The van der Waals surface area contributed by atoms with Gasteiger partial charge in [-0.25, -0.2) is 9.97 Å². The summed E-state index contributed by atoms with van der Waals surface area (Å²) in [7, 11) is 3.61. The molecule has 1 amide bonds. The van der Waals surface area contributed by atoms with E-state index in [1.54, 1.807) is 24.3 Å². The van der Waals surface area contributed by atoms with Crippen molar-refractivity contribution < 1.29 is 9.53 Å². The Balaban J connectivity index is 1.56. The van der Waals surface area contributed by atoms with Crippen LogP contribution in [0.1, 0.15) is 24.2 Å². The van der Waals surface area contributed by atoms with Gasteiger partial charge < -0.3 is 15.0 Å². The monoisotopic (exact) mass is 358 g/mol. The van der Waals surface area contributed by atoms with Gasteiger partial charge in [-0.15, -0.1) is 0 Å². The van der Waals surface area contributed by atoms with Gasteiger partial charge >= 0.3 is 0 Å². The van der Waals surface area contributed by atoms with E-state index in [1.807, 2.05) is 26.1 Å². The molecule has 2 aromatic rings. The first-order chi connectivity index (χ1) is 12.6. The molecule has 2 atom stereocenters. The van der Waals surface area contributed by atoms with Crippen LogP contribution in [0.2, 0.25) is 0 Å². The summed E-state index contributed by atoms with van der Waals surface area (Å²) in [6, 6.07) is 4.07. The summed E-state index contributed by atoms with van der Waals surface area (Å²) in [5.41, 5.74) is 1.98. The van der Waals surface area contributed by atoms with E-state index in [9.17, 15) is 4.79 Å². The quantitative estimate of drug-likeness (QED) is 0.790. The second-order valence-electron chi connectivity index (χ2n) is 6.67. The predicted octanol–water partition coefficient (Wildman–Crippen LogP) is 0.861. The van der Waals surface area contributed by atoms with E-state index in [-0.39, 0.29) is 18.1 Å². The number of nitrogens with one attached hydrogen (secondary N) is 1. The first-order valence-electron chi connectivity index (χ1n) is 8.88. The lowest BCUT2D eigenvalue weighted by atomic mass is 10.2. The maximum atomic E-state index is 12.2. The number of ether oxygens (including phenoxy) is 1. The van der Waals surface area contributed by atoms with Crippen molar-refractivity contribution in [1.29, 1.82) is 0 Å². The van der Waals surface area contributed by atoms with Crippen molar-refractivity contribution in [2.24, 2.45) is 7.05 Å². The number of hydrogen-bond donors (Lipinski definition) is 1. The Bertz CT molecular complexity index is 747. The lowest BCUT2D eigenvalue weighted by Gasteiger charge is -2.25. The van der Waals surface area contributed by atoms with Crippen LogP contribution in [0.4, 0.5) is 5.82 Å². The van der Waals surface area contributed by atoms with Crippen LogP contribution < -0.4 is 10.2 Å². The van der Waals surface area contributed by atoms with Crippen molar-refractivity contribution in [3.8, 4) is 0 Å². The van der Waals surface area contributed by atoms with E-state index < -0.39 is 0 Å². The highest BCUT2D eigenvalue weighted by Gasteiger charge is 2.33. The van der Waals surface area contributed by atoms with Crippen LogP contribution in [0.5, 0.6) is 0 Å². The molecule has 140 valence electrons. The Labute approximate surface area is 153 Å².